The van der Waals surface area contributed by atoms with E-state index in [0.717, 1.165) is 17.7 Å². The van der Waals surface area contributed by atoms with Crippen molar-refractivity contribution in [1.82, 2.24) is 10.6 Å². The van der Waals surface area contributed by atoms with Gasteiger partial charge in [-0.3, -0.25) is 10.1 Å². The van der Waals surface area contributed by atoms with Gasteiger partial charge in [0.05, 0.1) is 6.61 Å². The zero-order valence-corrected chi connectivity index (χ0v) is 11.2. The minimum Gasteiger partial charge on any atom is -0.494 e. The summed E-state index contributed by atoms with van der Waals surface area (Å²) >= 11 is 0. The van der Waals surface area contributed by atoms with Crippen molar-refractivity contribution in [3.63, 3.8) is 0 Å². The molecule has 0 radical (unpaired) electrons. The molecule has 1 atom stereocenters. The quantitative estimate of drug-likeness (QED) is 0.797. The van der Waals surface area contributed by atoms with E-state index in [1.807, 2.05) is 38.1 Å². The number of nitrogens with one attached hydrogen (secondary N) is 2. The molecule has 0 bridgehead atoms. The second-order valence-corrected chi connectivity index (χ2v) is 4.54. The van der Waals surface area contributed by atoms with Crippen LogP contribution < -0.4 is 15.4 Å². The molecule has 1 saturated heterocycles. The molecule has 2 N–H and O–H groups in total. The van der Waals surface area contributed by atoms with Crippen LogP contribution in [0.4, 0.5) is 4.79 Å². The van der Waals surface area contributed by atoms with E-state index < -0.39 is 11.6 Å². The van der Waals surface area contributed by atoms with Crippen molar-refractivity contribution in [3.8, 4) is 5.75 Å². The Labute approximate surface area is 112 Å². The number of ether oxygens (including phenoxy) is 1. The average Bonchev–Trinajstić information content (AvgIpc) is 2.72. The third kappa shape index (κ3) is 2.41. The van der Waals surface area contributed by atoms with Gasteiger partial charge in [-0.2, -0.15) is 0 Å². The Morgan fingerprint density at radius 1 is 1.16 bits per heavy atom. The van der Waals surface area contributed by atoms with E-state index in [1.54, 1.807) is 0 Å². The van der Waals surface area contributed by atoms with Gasteiger partial charge in [0.15, 0.2) is 0 Å². The minimum absolute atomic E-state index is 0.303. The second kappa shape index (κ2) is 5.30. The van der Waals surface area contributed by atoms with E-state index in [9.17, 15) is 9.59 Å². The largest absolute Gasteiger partial charge is 0.494 e. The Balaban J connectivity index is 2.25. The zero-order valence-electron chi connectivity index (χ0n) is 11.2. The first-order valence-electron chi connectivity index (χ1n) is 6.49. The van der Waals surface area contributed by atoms with Crippen molar-refractivity contribution in [1.29, 1.82) is 0 Å². The Morgan fingerprint density at radius 2 is 1.84 bits per heavy atom. The normalized spacial score (nSPS) is 22.0. The van der Waals surface area contributed by atoms with Gasteiger partial charge >= 0.3 is 6.03 Å². The standard InChI is InChI=1S/C14H18N2O3/c1-3-9-19-11-7-5-10(6-8-11)14(4-2)12(17)15-13(18)16-14/h5-8H,3-4,9H2,1-2H3,(H2,15,16,17,18). The van der Waals surface area contributed by atoms with E-state index in [0.29, 0.717) is 13.0 Å². The van der Waals surface area contributed by atoms with Crippen LogP contribution in [-0.2, 0) is 10.3 Å². The van der Waals surface area contributed by atoms with Crippen LogP contribution in [0.5, 0.6) is 5.75 Å². The van der Waals surface area contributed by atoms with Crippen LogP contribution in [0.15, 0.2) is 24.3 Å². The molecule has 3 amide bonds. The summed E-state index contributed by atoms with van der Waals surface area (Å²) in [5, 5.41) is 4.99. The van der Waals surface area contributed by atoms with Crippen molar-refractivity contribution in [2.24, 2.45) is 0 Å². The van der Waals surface area contributed by atoms with Crippen molar-refractivity contribution in [2.75, 3.05) is 6.61 Å². The molecule has 0 spiro atoms. The molecule has 0 saturated carbocycles. The first kappa shape index (κ1) is 13.4. The fraction of sp³-hybridized carbons (Fsp3) is 0.429. The number of imide groups is 1. The first-order chi connectivity index (χ1) is 9.12. The van der Waals surface area contributed by atoms with Crippen LogP contribution in [0, 0.1) is 0 Å². The monoisotopic (exact) mass is 262 g/mol. The van der Waals surface area contributed by atoms with Gasteiger partial charge in [0.2, 0.25) is 0 Å². The van der Waals surface area contributed by atoms with Gasteiger partial charge in [-0.1, -0.05) is 26.0 Å². The average molecular weight is 262 g/mol. The Bertz CT molecular complexity index is 484. The van der Waals surface area contributed by atoms with Gasteiger partial charge < -0.3 is 10.1 Å². The summed E-state index contributed by atoms with van der Waals surface area (Å²) in [5.41, 5.74) is -0.192. The maximum absolute atomic E-state index is 12.0. The van der Waals surface area contributed by atoms with Crippen LogP contribution in [0.1, 0.15) is 32.3 Å². The third-order valence-corrected chi connectivity index (χ3v) is 3.29. The van der Waals surface area contributed by atoms with Crippen LogP contribution in [0.3, 0.4) is 0 Å². The predicted molar refractivity (Wildman–Crippen MR) is 70.9 cm³/mol. The molecule has 1 aromatic carbocycles. The Morgan fingerprint density at radius 3 is 2.32 bits per heavy atom. The molecule has 5 nitrogen and oxygen atoms in total. The number of benzene rings is 1. The van der Waals surface area contributed by atoms with Crippen molar-refractivity contribution in [2.45, 2.75) is 32.2 Å². The topological polar surface area (TPSA) is 67.4 Å². The SMILES string of the molecule is CCCOc1ccc(C2(CC)NC(=O)NC2=O)cc1. The number of urea groups is 1. The molecular formula is C14H18N2O3. The lowest BCUT2D eigenvalue weighted by atomic mass is 9.87. The summed E-state index contributed by atoms with van der Waals surface area (Å²) in [5.74, 6) is 0.462. The summed E-state index contributed by atoms with van der Waals surface area (Å²) in [6, 6.07) is 6.83. The molecule has 1 aliphatic heterocycles. The maximum atomic E-state index is 12.0. The van der Waals surface area contributed by atoms with E-state index in [4.69, 9.17) is 4.74 Å². The predicted octanol–water partition coefficient (Wildman–Crippen LogP) is 1.92. The number of rotatable bonds is 5. The molecule has 0 aliphatic carbocycles. The molecule has 102 valence electrons. The minimum atomic E-state index is -0.958. The van der Waals surface area contributed by atoms with Gasteiger partial charge in [-0.15, -0.1) is 0 Å². The third-order valence-electron chi connectivity index (χ3n) is 3.29. The summed E-state index contributed by atoms with van der Waals surface area (Å²) < 4.78 is 5.50. The van der Waals surface area contributed by atoms with Gasteiger partial charge in [-0.05, 0) is 30.5 Å². The Hall–Kier alpha value is -2.04. The number of carbonyl (C=O) groups is 2. The van der Waals surface area contributed by atoms with Crippen molar-refractivity contribution in [3.05, 3.63) is 29.8 Å². The number of amides is 3. The van der Waals surface area contributed by atoms with E-state index >= 15 is 0 Å². The highest BCUT2D eigenvalue weighted by molar-refractivity contribution is 6.07. The smallest absolute Gasteiger partial charge is 0.322 e. The van der Waals surface area contributed by atoms with E-state index in [2.05, 4.69) is 10.6 Å². The van der Waals surface area contributed by atoms with Crippen molar-refractivity contribution >= 4 is 11.9 Å². The molecule has 1 aromatic rings. The summed E-state index contributed by atoms with van der Waals surface area (Å²) in [6.07, 6.45) is 1.44. The summed E-state index contributed by atoms with van der Waals surface area (Å²) in [7, 11) is 0. The van der Waals surface area contributed by atoms with Crippen LogP contribution in [0.2, 0.25) is 0 Å². The molecule has 1 fully saturated rings. The van der Waals surface area contributed by atoms with E-state index in [-0.39, 0.29) is 5.91 Å². The molecular weight excluding hydrogens is 244 g/mol. The first-order valence-corrected chi connectivity index (χ1v) is 6.49. The molecule has 0 aromatic heterocycles. The molecule has 19 heavy (non-hydrogen) atoms. The lowest BCUT2D eigenvalue weighted by Gasteiger charge is -2.25. The fourth-order valence-electron chi connectivity index (χ4n) is 2.20. The van der Waals surface area contributed by atoms with Crippen LogP contribution in [0.25, 0.3) is 0 Å². The van der Waals surface area contributed by atoms with Crippen LogP contribution in [-0.4, -0.2) is 18.5 Å². The van der Waals surface area contributed by atoms with E-state index in [1.165, 1.54) is 0 Å². The van der Waals surface area contributed by atoms with Crippen molar-refractivity contribution < 1.29 is 14.3 Å². The highest BCUT2D eigenvalue weighted by atomic mass is 16.5. The zero-order chi connectivity index (χ0) is 13.9. The molecule has 1 aliphatic rings. The van der Waals surface area contributed by atoms with Gasteiger partial charge in [0.25, 0.3) is 5.91 Å². The van der Waals surface area contributed by atoms with Gasteiger partial charge in [0, 0.05) is 0 Å². The van der Waals surface area contributed by atoms with Gasteiger partial charge in [0.1, 0.15) is 11.3 Å². The maximum Gasteiger partial charge on any atom is 0.322 e. The second-order valence-electron chi connectivity index (χ2n) is 4.54. The number of hydrogen-bond donors (Lipinski definition) is 2. The number of hydrogen-bond acceptors (Lipinski definition) is 3. The highest BCUT2D eigenvalue weighted by Crippen LogP contribution is 2.29. The van der Waals surface area contributed by atoms with Crippen LogP contribution >= 0.6 is 0 Å². The number of carbonyl (C=O) groups excluding carboxylic acids is 2. The molecule has 2 rings (SSSR count). The van der Waals surface area contributed by atoms with Gasteiger partial charge in [-0.25, -0.2) is 4.79 Å². The summed E-state index contributed by atoms with van der Waals surface area (Å²) in [4.78, 5) is 23.3. The molecule has 1 unspecified atom stereocenters. The molecule has 5 heteroatoms. The Kier molecular flexibility index (Phi) is 3.74. The fourth-order valence-corrected chi connectivity index (χ4v) is 2.20. The molecule has 1 heterocycles. The lowest BCUT2D eigenvalue weighted by molar-refractivity contribution is -0.124. The summed E-state index contributed by atoms with van der Waals surface area (Å²) in [6.45, 7) is 4.57. The lowest BCUT2D eigenvalue weighted by Crippen LogP contribution is -2.43. The highest BCUT2D eigenvalue weighted by Gasteiger charge is 2.46.